The molecule has 1 amide bonds. The number of benzene rings is 2. The van der Waals surface area contributed by atoms with Crippen molar-refractivity contribution in [2.75, 3.05) is 20.0 Å². The van der Waals surface area contributed by atoms with Crippen LogP contribution in [-0.4, -0.2) is 30.9 Å². The van der Waals surface area contributed by atoms with Crippen LogP contribution in [0.5, 0.6) is 11.5 Å². The number of ether oxygens (including phenoxy) is 2. The van der Waals surface area contributed by atoms with Gasteiger partial charge >= 0.3 is 0 Å². The van der Waals surface area contributed by atoms with Gasteiger partial charge in [-0.25, -0.2) is 0 Å². The van der Waals surface area contributed by atoms with Gasteiger partial charge in [0.2, 0.25) is 5.91 Å². The molecular formula is C23H21N3O3S. The number of methoxy groups -OCH3 is 2. The molecule has 3 rings (SSSR count). The number of para-hydroxylation sites is 1. The van der Waals surface area contributed by atoms with Crippen molar-refractivity contribution in [3.05, 3.63) is 65.5 Å². The maximum atomic E-state index is 12.3. The van der Waals surface area contributed by atoms with E-state index < -0.39 is 0 Å². The monoisotopic (exact) mass is 419 g/mol. The van der Waals surface area contributed by atoms with Crippen LogP contribution in [0.2, 0.25) is 0 Å². The molecule has 7 heteroatoms. The highest BCUT2D eigenvalue weighted by Crippen LogP contribution is 2.32. The second kappa shape index (κ2) is 9.81. The molecule has 0 aliphatic heterocycles. The zero-order valence-electron chi connectivity index (χ0n) is 16.9. The predicted octanol–water partition coefficient (Wildman–Crippen LogP) is 4.31. The number of fused-ring (bicyclic) bond motifs is 1. The Morgan fingerprint density at radius 1 is 1.23 bits per heavy atom. The molecule has 1 N–H and O–H groups in total. The minimum absolute atomic E-state index is 0.129. The minimum Gasteiger partial charge on any atom is -0.493 e. The van der Waals surface area contributed by atoms with E-state index >= 15 is 0 Å². The maximum absolute atomic E-state index is 12.3. The van der Waals surface area contributed by atoms with Crippen molar-refractivity contribution in [1.29, 1.82) is 5.26 Å². The fourth-order valence-electron chi connectivity index (χ4n) is 2.97. The highest BCUT2D eigenvalue weighted by atomic mass is 32.2. The van der Waals surface area contributed by atoms with Gasteiger partial charge in [0.05, 0.1) is 31.1 Å². The molecule has 0 aliphatic rings. The average Bonchev–Trinajstić information content (AvgIpc) is 2.76. The van der Waals surface area contributed by atoms with Gasteiger partial charge in [0.15, 0.2) is 11.5 Å². The average molecular weight is 420 g/mol. The molecule has 152 valence electrons. The van der Waals surface area contributed by atoms with Crippen molar-refractivity contribution in [1.82, 2.24) is 10.3 Å². The lowest BCUT2D eigenvalue weighted by Gasteiger charge is -2.10. The van der Waals surface area contributed by atoms with Crippen molar-refractivity contribution >= 4 is 34.6 Å². The van der Waals surface area contributed by atoms with Crippen LogP contribution in [0.15, 0.2) is 53.6 Å². The summed E-state index contributed by atoms with van der Waals surface area (Å²) >= 11 is 1.47. The van der Waals surface area contributed by atoms with Crippen LogP contribution in [-0.2, 0) is 4.79 Å². The molecular weight excluding hydrogens is 398 g/mol. The fraction of sp³-hybridized carbons (Fsp3) is 0.174. The Balaban J connectivity index is 1.66. The minimum atomic E-state index is -0.129. The lowest BCUT2D eigenvalue weighted by Crippen LogP contribution is -2.18. The molecule has 3 aromatic rings. The summed E-state index contributed by atoms with van der Waals surface area (Å²) in [5, 5.41) is 13.1. The highest BCUT2D eigenvalue weighted by molar-refractivity contribution is 8.00. The van der Waals surface area contributed by atoms with E-state index in [-0.39, 0.29) is 11.7 Å². The Bertz CT molecular complexity index is 1150. The van der Waals surface area contributed by atoms with Crippen LogP contribution < -0.4 is 14.8 Å². The standard InChI is InChI=1S/C23H21N3O3S/c1-15-10-21(18-6-4-5-7-19(18)26-15)30-14-22(27)25-9-8-16-11-17(13-24)23(29-3)20(12-16)28-2/h4-12H,14H2,1-3H3,(H,25,27)/b9-8+. The van der Waals surface area contributed by atoms with Crippen LogP contribution in [0, 0.1) is 18.3 Å². The molecule has 0 aliphatic carbocycles. The number of thioether (sulfide) groups is 1. The second-order valence-electron chi connectivity index (χ2n) is 6.38. The number of nitrogens with one attached hydrogen (secondary N) is 1. The van der Waals surface area contributed by atoms with E-state index in [1.807, 2.05) is 37.3 Å². The molecule has 0 unspecified atom stereocenters. The van der Waals surface area contributed by atoms with E-state index in [1.165, 1.54) is 26.0 Å². The Morgan fingerprint density at radius 2 is 2.03 bits per heavy atom. The number of aryl methyl sites for hydroxylation is 1. The summed E-state index contributed by atoms with van der Waals surface area (Å²) in [6, 6.07) is 15.4. The number of hydrogen-bond donors (Lipinski definition) is 1. The first kappa shape index (κ1) is 21.2. The molecule has 0 saturated heterocycles. The third-order valence-corrected chi connectivity index (χ3v) is 5.36. The normalized spacial score (nSPS) is 10.7. The number of pyridine rings is 1. The Morgan fingerprint density at radius 3 is 2.77 bits per heavy atom. The Kier molecular flexibility index (Phi) is 6.94. The van der Waals surface area contributed by atoms with E-state index in [0.717, 1.165) is 21.5 Å². The smallest absolute Gasteiger partial charge is 0.234 e. The van der Waals surface area contributed by atoms with E-state index in [9.17, 15) is 10.1 Å². The number of hydrogen-bond acceptors (Lipinski definition) is 6. The largest absolute Gasteiger partial charge is 0.493 e. The number of carbonyl (C=O) groups is 1. The van der Waals surface area contributed by atoms with Gasteiger partial charge in [0.1, 0.15) is 6.07 Å². The lowest BCUT2D eigenvalue weighted by atomic mass is 10.1. The molecule has 0 atom stereocenters. The SMILES string of the molecule is COc1cc(/C=C/NC(=O)CSc2cc(C)nc3ccccc23)cc(C#N)c1OC. The molecule has 1 heterocycles. The lowest BCUT2D eigenvalue weighted by molar-refractivity contribution is -0.117. The van der Waals surface area contributed by atoms with Crippen molar-refractivity contribution in [3.63, 3.8) is 0 Å². The summed E-state index contributed by atoms with van der Waals surface area (Å²) in [5.41, 5.74) is 2.91. The van der Waals surface area contributed by atoms with Gasteiger partial charge in [-0.1, -0.05) is 18.2 Å². The number of nitriles is 1. The number of nitrogens with zero attached hydrogens (tertiary/aromatic N) is 2. The van der Waals surface area contributed by atoms with Crippen molar-refractivity contribution in [2.24, 2.45) is 0 Å². The van der Waals surface area contributed by atoms with Crippen molar-refractivity contribution in [2.45, 2.75) is 11.8 Å². The summed E-state index contributed by atoms with van der Waals surface area (Å²) in [7, 11) is 3.00. The van der Waals surface area contributed by atoms with Crippen LogP contribution in [0.25, 0.3) is 17.0 Å². The van der Waals surface area contributed by atoms with Gasteiger partial charge in [-0.2, -0.15) is 5.26 Å². The van der Waals surface area contributed by atoms with Gasteiger partial charge in [0.25, 0.3) is 0 Å². The van der Waals surface area contributed by atoms with E-state index in [2.05, 4.69) is 16.4 Å². The van der Waals surface area contributed by atoms with Gasteiger partial charge in [-0.3, -0.25) is 9.78 Å². The zero-order chi connectivity index (χ0) is 21.5. The molecule has 0 spiro atoms. The van der Waals surface area contributed by atoms with Gasteiger partial charge < -0.3 is 14.8 Å². The summed E-state index contributed by atoms with van der Waals surface area (Å²) < 4.78 is 10.5. The van der Waals surface area contributed by atoms with Crippen LogP contribution in [0.1, 0.15) is 16.8 Å². The van der Waals surface area contributed by atoms with Gasteiger partial charge in [-0.05, 0) is 42.8 Å². The number of aromatic nitrogens is 1. The first-order valence-electron chi connectivity index (χ1n) is 9.17. The summed E-state index contributed by atoms with van der Waals surface area (Å²) in [5.74, 6) is 0.985. The fourth-order valence-corrected chi connectivity index (χ4v) is 3.92. The maximum Gasteiger partial charge on any atom is 0.234 e. The van der Waals surface area contributed by atoms with Crippen LogP contribution in [0.4, 0.5) is 0 Å². The quantitative estimate of drug-likeness (QED) is 0.575. The topological polar surface area (TPSA) is 84.2 Å². The highest BCUT2D eigenvalue weighted by Gasteiger charge is 2.11. The van der Waals surface area contributed by atoms with Gasteiger partial charge in [-0.15, -0.1) is 11.8 Å². The molecule has 1 aromatic heterocycles. The number of carbonyl (C=O) groups excluding carboxylic acids is 1. The molecule has 0 radical (unpaired) electrons. The summed E-state index contributed by atoms with van der Waals surface area (Å²) in [6.07, 6.45) is 3.26. The van der Waals surface area contributed by atoms with Crippen molar-refractivity contribution in [3.8, 4) is 17.6 Å². The molecule has 0 saturated carbocycles. The third kappa shape index (κ3) is 4.91. The Hall–Kier alpha value is -3.50. The third-order valence-electron chi connectivity index (χ3n) is 4.31. The molecule has 2 aromatic carbocycles. The van der Waals surface area contributed by atoms with E-state index in [1.54, 1.807) is 24.4 Å². The predicted molar refractivity (Wildman–Crippen MR) is 119 cm³/mol. The zero-order valence-corrected chi connectivity index (χ0v) is 17.7. The van der Waals surface area contributed by atoms with Gasteiger partial charge in [0, 0.05) is 22.2 Å². The Labute approximate surface area is 179 Å². The van der Waals surface area contributed by atoms with E-state index in [0.29, 0.717) is 22.6 Å². The molecule has 0 fully saturated rings. The number of rotatable bonds is 7. The first-order chi connectivity index (χ1) is 14.5. The van der Waals surface area contributed by atoms with Crippen molar-refractivity contribution < 1.29 is 14.3 Å². The molecule has 6 nitrogen and oxygen atoms in total. The van der Waals surface area contributed by atoms with E-state index in [4.69, 9.17) is 9.47 Å². The van der Waals surface area contributed by atoms with Crippen LogP contribution in [0.3, 0.4) is 0 Å². The summed E-state index contributed by atoms with van der Waals surface area (Å²) in [6.45, 7) is 1.94. The second-order valence-corrected chi connectivity index (χ2v) is 7.40. The molecule has 0 bridgehead atoms. The summed E-state index contributed by atoms with van der Waals surface area (Å²) in [4.78, 5) is 17.8. The number of amides is 1. The molecule has 30 heavy (non-hydrogen) atoms. The van der Waals surface area contributed by atoms with Crippen LogP contribution >= 0.6 is 11.8 Å². The first-order valence-corrected chi connectivity index (χ1v) is 10.2.